The number of aliphatic carboxylic acids is 1. The predicted molar refractivity (Wildman–Crippen MR) is 258 cm³/mol. The number of carbonyl (C=O) groups is 8. The fourth-order valence-electron chi connectivity index (χ4n) is 8.16. The number of primary amides is 2. The second-order valence-corrected chi connectivity index (χ2v) is 18.1. The van der Waals surface area contributed by atoms with Crippen LogP contribution in [0.25, 0.3) is 10.9 Å². The summed E-state index contributed by atoms with van der Waals surface area (Å²) >= 11 is 0. The van der Waals surface area contributed by atoms with Crippen LogP contribution in [0.4, 0.5) is 0 Å². The van der Waals surface area contributed by atoms with E-state index in [2.05, 4.69) is 31.6 Å². The summed E-state index contributed by atoms with van der Waals surface area (Å²) in [4.78, 5) is 104. The van der Waals surface area contributed by atoms with Crippen molar-refractivity contribution in [2.45, 2.75) is 172 Å². The van der Waals surface area contributed by atoms with Gasteiger partial charge in [0.1, 0.15) is 30.5 Å². The third kappa shape index (κ3) is 20.8. The van der Waals surface area contributed by atoms with Gasteiger partial charge >= 0.3 is 5.97 Å². The van der Waals surface area contributed by atoms with E-state index in [1.54, 1.807) is 30.5 Å². The molecule has 0 saturated heterocycles. The number of carbonyl (C=O) groups excluding carboxylic acids is 7. The average molecular weight is 947 g/mol. The number of carboxylic acids is 1. The van der Waals surface area contributed by atoms with E-state index in [4.69, 9.17) is 11.5 Å². The van der Waals surface area contributed by atoms with E-state index in [9.17, 15) is 48.6 Å². The molecule has 1 heterocycles. The van der Waals surface area contributed by atoms with Gasteiger partial charge in [-0.25, -0.2) is 4.79 Å². The Bertz CT molecular complexity index is 2080. The standard InChI is InChI=1S/C50H74N8O10/c1-32(2)27-40(47(64)55-39(46(52)63)28-34-19-11-10-12-20-34)56-49(66)45(33(3)60)58-44(62)25-15-8-4-6-13-21-36(22-14-7-5-9-18-26-59)54-41(30-43(51)61)48(65)57-42(50(67)68)29-35-31-53-38-24-17-16-23-37(35)38/h10-12,16-17,19-20,23-24,26,31-33,36,39-42,45,53-54,60H,4-9,13-15,18,21-22,25,27-30H2,1-3H3,(H2,51,61)(H2,52,63)(H,55,64)(H,56,66)(H,57,65)(H,58,62)(H,67,68)/t33-,36?,39-,40-,41-,42-,45-/m0/s1. The topological polar surface area (TPSA) is 305 Å². The molecule has 12 N–H and O–H groups in total. The second-order valence-electron chi connectivity index (χ2n) is 18.1. The summed E-state index contributed by atoms with van der Waals surface area (Å²) in [5.41, 5.74) is 13.5. The van der Waals surface area contributed by atoms with Gasteiger partial charge in [-0.3, -0.25) is 28.8 Å². The number of aliphatic hydroxyl groups excluding tert-OH is 1. The van der Waals surface area contributed by atoms with Crippen molar-refractivity contribution in [2.24, 2.45) is 17.4 Å². The molecule has 0 spiro atoms. The predicted octanol–water partition coefficient (Wildman–Crippen LogP) is 3.36. The molecule has 7 atom stereocenters. The van der Waals surface area contributed by atoms with Crippen LogP contribution in [-0.2, 0) is 51.2 Å². The number of nitrogens with two attached hydrogens (primary N) is 2. The van der Waals surface area contributed by atoms with Gasteiger partial charge < -0.3 is 58.0 Å². The Labute approximate surface area is 399 Å². The van der Waals surface area contributed by atoms with E-state index in [-0.39, 0.29) is 44.1 Å². The summed E-state index contributed by atoms with van der Waals surface area (Å²) in [7, 11) is 0. The summed E-state index contributed by atoms with van der Waals surface area (Å²) in [5, 5.41) is 35.3. The number of para-hydroxylation sites is 1. The fraction of sp³-hybridized carbons (Fsp3) is 0.560. The highest BCUT2D eigenvalue weighted by Gasteiger charge is 2.32. The summed E-state index contributed by atoms with van der Waals surface area (Å²) in [6, 6.07) is 10.5. The number of aliphatic hydroxyl groups is 1. The molecule has 2 aromatic carbocycles. The average Bonchev–Trinajstić information content (AvgIpc) is 3.70. The maximum absolute atomic E-state index is 13.6. The number of amides is 6. The van der Waals surface area contributed by atoms with Crippen molar-refractivity contribution in [3.8, 4) is 0 Å². The van der Waals surface area contributed by atoms with Crippen molar-refractivity contribution in [1.29, 1.82) is 0 Å². The first-order valence-electron chi connectivity index (χ1n) is 24.0. The number of unbranched alkanes of at least 4 members (excludes halogenated alkanes) is 8. The zero-order valence-corrected chi connectivity index (χ0v) is 39.8. The van der Waals surface area contributed by atoms with Crippen LogP contribution in [-0.4, -0.2) is 105 Å². The molecule has 0 radical (unpaired) electrons. The Hall–Kier alpha value is -6.14. The normalized spacial score (nSPS) is 14.4. The van der Waals surface area contributed by atoms with Gasteiger partial charge in [-0.2, -0.15) is 0 Å². The molecule has 0 bridgehead atoms. The number of hydrogen-bond donors (Lipinski definition) is 10. The van der Waals surface area contributed by atoms with Gasteiger partial charge in [0, 0.05) is 48.8 Å². The number of benzene rings is 2. The van der Waals surface area contributed by atoms with Gasteiger partial charge in [0.25, 0.3) is 0 Å². The molecule has 6 amide bonds. The summed E-state index contributed by atoms with van der Waals surface area (Å²) in [5.74, 6) is -5.17. The molecule has 3 aromatic rings. The van der Waals surface area contributed by atoms with Gasteiger partial charge in [-0.05, 0) is 62.1 Å². The van der Waals surface area contributed by atoms with Crippen molar-refractivity contribution >= 4 is 58.6 Å². The molecule has 0 aliphatic rings. The lowest BCUT2D eigenvalue weighted by Gasteiger charge is -2.27. The number of rotatable bonds is 35. The lowest BCUT2D eigenvalue weighted by Crippen LogP contribution is -2.59. The molecule has 1 aromatic heterocycles. The van der Waals surface area contributed by atoms with Crippen LogP contribution in [0.2, 0.25) is 0 Å². The minimum Gasteiger partial charge on any atom is -0.480 e. The van der Waals surface area contributed by atoms with Crippen LogP contribution >= 0.6 is 0 Å². The lowest BCUT2D eigenvalue weighted by atomic mass is 9.98. The van der Waals surface area contributed by atoms with Crippen LogP contribution in [0.15, 0.2) is 60.8 Å². The summed E-state index contributed by atoms with van der Waals surface area (Å²) in [6.45, 7) is 5.09. The molecule has 0 aliphatic carbocycles. The number of hydrogen-bond acceptors (Lipinski definition) is 10. The number of fused-ring (bicyclic) bond motifs is 1. The minimum absolute atomic E-state index is 0.0208. The quantitative estimate of drug-likeness (QED) is 0.0301. The molecule has 0 fully saturated rings. The number of aromatic nitrogens is 1. The monoisotopic (exact) mass is 947 g/mol. The number of H-pyrrole nitrogens is 1. The molecular formula is C50H74N8O10. The third-order valence-electron chi connectivity index (χ3n) is 11.8. The second kappa shape index (κ2) is 30.3. The number of aromatic amines is 1. The largest absolute Gasteiger partial charge is 0.480 e. The maximum atomic E-state index is 13.6. The molecule has 68 heavy (non-hydrogen) atoms. The molecule has 18 heteroatoms. The van der Waals surface area contributed by atoms with Crippen LogP contribution in [0.1, 0.15) is 128 Å². The Kier molecular flexibility index (Phi) is 25.0. The zero-order chi connectivity index (χ0) is 50.0. The van der Waals surface area contributed by atoms with Gasteiger partial charge in [0.05, 0.1) is 18.6 Å². The van der Waals surface area contributed by atoms with E-state index < -0.39 is 77.7 Å². The molecular weight excluding hydrogens is 873 g/mol. The highest BCUT2D eigenvalue weighted by atomic mass is 16.4. The third-order valence-corrected chi connectivity index (χ3v) is 11.8. The van der Waals surface area contributed by atoms with Gasteiger partial charge in [0.2, 0.25) is 35.4 Å². The van der Waals surface area contributed by atoms with Crippen molar-refractivity contribution in [3.63, 3.8) is 0 Å². The Morgan fingerprint density at radius 1 is 0.676 bits per heavy atom. The Morgan fingerprint density at radius 3 is 1.88 bits per heavy atom. The van der Waals surface area contributed by atoms with Crippen molar-refractivity contribution in [1.82, 2.24) is 31.6 Å². The van der Waals surface area contributed by atoms with Crippen LogP contribution in [0, 0.1) is 5.92 Å². The summed E-state index contributed by atoms with van der Waals surface area (Å²) < 4.78 is 0. The van der Waals surface area contributed by atoms with E-state index in [1.165, 1.54) is 6.92 Å². The van der Waals surface area contributed by atoms with Crippen LogP contribution < -0.4 is 38.1 Å². The summed E-state index contributed by atoms with van der Waals surface area (Å²) in [6.07, 6.45) is 10.1. The highest BCUT2D eigenvalue weighted by Crippen LogP contribution is 2.20. The molecule has 374 valence electrons. The number of nitrogens with one attached hydrogen (secondary N) is 6. The fourth-order valence-corrected chi connectivity index (χ4v) is 8.16. The van der Waals surface area contributed by atoms with Crippen molar-refractivity contribution in [2.75, 3.05) is 0 Å². The Morgan fingerprint density at radius 2 is 1.26 bits per heavy atom. The van der Waals surface area contributed by atoms with E-state index in [1.807, 2.05) is 44.2 Å². The van der Waals surface area contributed by atoms with Crippen LogP contribution in [0.3, 0.4) is 0 Å². The maximum Gasteiger partial charge on any atom is 0.326 e. The first kappa shape index (κ1) is 56.2. The lowest BCUT2D eigenvalue weighted by molar-refractivity contribution is -0.142. The molecule has 1 unspecified atom stereocenters. The first-order chi connectivity index (χ1) is 32.5. The molecule has 18 nitrogen and oxygen atoms in total. The SMILES string of the molecule is CC(C)C[C@H](NC(=O)[C@@H](NC(=O)CCCCCCCC(CCCCCCC=O)N[C@@H](CC(N)=O)C(=O)N[C@@H](Cc1c[nH]c2ccccc12)C(=O)O)[C@H](C)O)C(=O)N[C@@H](Cc1ccccc1)C(N)=O. The Balaban J connectivity index is 1.53. The molecule has 3 rings (SSSR count). The molecule has 0 saturated carbocycles. The highest BCUT2D eigenvalue weighted by molar-refractivity contribution is 5.94. The van der Waals surface area contributed by atoms with Crippen molar-refractivity contribution in [3.05, 3.63) is 71.9 Å². The smallest absolute Gasteiger partial charge is 0.326 e. The first-order valence-corrected chi connectivity index (χ1v) is 24.0. The van der Waals surface area contributed by atoms with Gasteiger partial charge in [-0.1, -0.05) is 107 Å². The minimum atomic E-state index is -1.34. The van der Waals surface area contributed by atoms with Crippen molar-refractivity contribution < 1.29 is 48.6 Å². The van der Waals surface area contributed by atoms with E-state index in [0.29, 0.717) is 32.1 Å². The molecule has 0 aliphatic heterocycles. The zero-order valence-electron chi connectivity index (χ0n) is 39.8. The number of aldehydes is 1. The van der Waals surface area contributed by atoms with Gasteiger partial charge in [-0.15, -0.1) is 0 Å². The number of carboxylic acid groups (broad SMARTS) is 1. The van der Waals surface area contributed by atoms with E-state index in [0.717, 1.165) is 73.3 Å². The van der Waals surface area contributed by atoms with Gasteiger partial charge in [0.15, 0.2) is 0 Å². The van der Waals surface area contributed by atoms with E-state index >= 15 is 0 Å². The van der Waals surface area contributed by atoms with Crippen LogP contribution in [0.5, 0.6) is 0 Å².